The Balaban J connectivity index is 2.03. The van der Waals surface area contributed by atoms with Crippen molar-refractivity contribution >= 4 is 5.78 Å². The summed E-state index contributed by atoms with van der Waals surface area (Å²) >= 11 is 0. The lowest BCUT2D eigenvalue weighted by Crippen LogP contribution is -2.13. The second-order valence-electron chi connectivity index (χ2n) is 5.47. The highest BCUT2D eigenvalue weighted by Gasteiger charge is 2.29. The molecule has 1 atom stereocenters. The van der Waals surface area contributed by atoms with Crippen LogP contribution in [0.4, 0.5) is 8.78 Å². The van der Waals surface area contributed by atoms with Crippen LogP contribution in [0, 0.1) is 11.6 Å². The minimum atomic E-state index is -0.451. The van der Waals surface area contributed by atoms with Crippen molar-refractivity contribution in [2.24, 2.45) is 0 Å². The van der Waals surface area contributed by atoms with Crippen LogP contribution in [0.1, 0.15) is 40.2 Å². The van der Waals surface area contributed by atoms with Crippen LogP contribution in [-0.4, -0.2) is 12.9 Å². The maximum absolute atomic E-state index is 14.4. The zero-order chi connectivity index (χ0) is 15.7. The Hall–Kier alpha value is -2.23. The van der Waals surface area contributed by atoms with Crippen LogP contribution in [0.15, 0.2) is 36.4 Å². The summed E-state index contributed by atoms with van der Waals surface area (Å²) in [5.74, 6) is -1.09. The molecule has 1 unspecified atom stereocenters. The molecule has 0 saturated heterocycles. The predicted octanol–water partition coefficient (Wildman–Crippen LogP) is 4.28. The van der Waals surface area contributed by atoms with E-state index >= 15 is 0 Å². The second-order valence-corrected chi connectivity index (χ2v) is 5.47. The van der Waals surface area contributed by atoms with E-state index in [0.29, 0.717) is 30.4 Å². The van der Waals surface area contributed by atoms with Gasteiger partial charge >= 0.3 is 0 Å². The number of methoxy groups -OCH3 is 1. The molecular formula is C18H16F2O2. The largest absolute Gasteiger partial charge is 0.494 e. The highest BCUT2D eigenvalue weighted by molar-refractivity contribution is 6.02. The molecule has 3 rings (SSSR count). The quantitative estimate of drug-likeness (QED) is 0.774. The molecule has 1 aliphatic carbocycles. The molecule has 114 valence electrons. The number of hydrogen-bond donors (Lipinski definition) is 0. The summed E-state index contributed by atoms with van der Waals surface area (Å²) < 4.78 is 32.4. The lowest BCUT2D eigenvalue weighted by atomic mass is 9.88. The number of carbonyl (C=O) groups is 1. The third kappa shape index (κ3) is 2.49. The molecule has 22 heavy (non-hydrogen) atoms. The third-order valence-electron chi connectivity index (χ3n) is 4.20. The highest BCUT2D eigenvalue weighted by Crippen LogP contribution is 2.35. The van der Waals surface area contributed by atoms with Crippen molar-refractivity contribution in [3.05, 3.63) is 64.7 Å². The number of benzene rings is 2. The van der Waals surface area contributed by atoms with Crippen LogP contribution >= 0.6 is 0 Å². The Bertz CT molecular complexity index is 708. The SMILES string of the molecule is COc1ccc2c(c1F)CCCC(c1ccc(F)cc1)C2=O. The number of ether oxygens (including phenoxy) is 1. The first-order valence-corrected chi connectivity index (χ1v) is 7.27. The average molecular weight is 302 g/mol. The molecule has 2 aromatic rings. The van der Waals surface area contributed by atoms with Crippen LogP contribution in [0.25, 0.3) is 0 Å². The van der Waals surface area contributed by atoms with Gasteiger partial charge in [-0.05, 0) is 49.1 Å². The van der Waals surface area contributed by atoms with Crippen molar-refractivity contribution < 1.29 is 18.3 Å². The number of rotatable bonds is 2. The van der Waals surface area contributed by atoms with E-state index in [1.807, 2.05) is 0 Å². The van der Waals surface area contributed by atoms with Crippen LogP contribution in [0.5, 0.6) is 5.75 Å². The zero-order valence-electron chi connectivity index (χ0n) is 12.2. The summed E-state index contributed by atoms with van der Waals surface area (Å²) in [6.45, 7) is 0. The van der Waals surface area contributed by atoms with Gasteiger partial charge < -0.3 is 4.74 Å². The molecule has 0 saturated carbocycles. The molecule has 0 N–H and O–H groups in total. The van der Waals surface area contributed by atoms with E-state index in [1.54, 1.807) is 18.2 Å². The summed E-state index contributed by atoms with van der Waals surface area (Å²) in [6, 6.07) is 9.07. The van der Waals surface area contributed by atoms with Crippen molar-refractivity contribution in [2.45, 2.75) is 25.2 Å². The molecule has 0 fully saturated rings. The maximum atomic E-state index is 14.4. The molecular weight excluding hydrogens is 286 g/mol. The van der Waals surface area contributed by atoms with Gasteiger partial charge in [-0.25, -0.2) is 8.78 Å². The molecule has 0 aromatic heterocycles. The van der Waals surface area contributed by atoms with E-state index in [-0.39, 0.29) is 23.3 Å². The normalized spacial score (nSPS) is 17.8. The van der Waals surface area contributed by atoms with E-state index in [2.05, 4.69) is 0 Å². The van der Waals surface area contributed by atoms with Gasteiger partial charge in [0.2, 0.25) is 0 Å². The lowest BCUT2D eigenvalue weighted by molar-refractivity contribution is 0.0957. The van der Waals surface area contributed by atoms with Gasteiger partial charge in [-0.3, -0.25) is 4.79 Å². The minimum absolute atomic E-state index is 0.110. The molecule has 0 aliphatic heterocycles. The van der Waals surface area contributed by atoms with Crippen LogP contribution in [0.2, 0.25) is 0 Å². The minimum Gasteiger partial charge on any atom is -0.494 e. The lowest BCUT2D eigenvalue weighted by Gasteiger charge is -2.15. The predicted molar refractivity (Wildman–Crippen MR) is 79.4 cm³/mol. The van der Waals surface area contributed by atoms with E-state index < -0.39 is 5.82 Å². The Labute approximate surface area is 127 Å². The van der Waals surface area contributed by atoms with Crippen LogP contribution in [-0.2, 0) is 6.42 Å². The first-order valence-electron chi connectivity index (χ1n) is 7.27. The van der Waals surface area contributed by atoms with Gasteiger partial charge in [0.05, 0.1) is 7.11 Å². The average Bonchev–Trinajstić information content (AvgIpc) is 2.69. The van der Waals surface area contributed by atoms with Crippen molar-refractivity contribution in [2.75, 3.05) is 7.11 Å². The van der Waals surface area contributed by atoms with Gasteiger partial charge in [-0.15, -0.1) is 0 Å². The number of halogens is 2. The van der Waals surface area contributed by atoms with Gasteiger partial charge in [0.15, 0.2) is 17.3 Å². The summed E-state index contributed by atoms with van der Waals surface area (Å²) in [5.41, 5.74) is 1.61. The monoisotopic (exact) mass is 302 g/mol. The van der Waals surface area contributed by atoms with Crippen molar-refractivity contribution in [3.63, 3.8) is 0 Å². The van der Waals surface area contributed by atoms with Gasteiger partial charge in [0, 0.05) is 17.0 Å². The zero-order valence-corrected chi connectivity index (χ0v) is 12.2. The number of hydrogen-bond acceptors (Lipinski definition) is 2. The van der Waals surface area contributed by atoms with Gasteiger partial charge in [-0.2, -0.15) is 0 Å². The molecule has 0 spiro atoms. The topological polar surface area (TPSA) is 26.3 Å². The Morgan fingerprint density at radius 2 is 1.82 bits per heavy atom. The van der Waals surface area contributed by atoms with Gasteiger partial charge in [0.1, 0.15) is 5.82 Å². The summed E-state index contributed by atoms with van der Waals surface area (Å²) in [5, 5.41) is 0. The maximum Gasteiger partial charge on any atom is 0.170 e. The fourth-order valence-corrected chi connectivity index (χ4v) is 3.05. The third-order valence-corrected chi connectivity index (χ3v) is 4.20. The van der Waals surface area contributed by atoms with E-state index in [1.165, 1.54) is 25.3 Å². The Kier molecular flexibility index (Phi) is 3.92. The molecule has 0 radical (unpaired) electrons. The molecule has 2 nitrogen and oxygen atoms in total. The molecule has 0 heterocycles. The Morgan fingerprint density at radius 3 is 2.50 bits per heavy atom. The fourth-order valence-electron chi connectivity index (χ4n) is 3.05. The Morgan fingerprint density at radius 1 is 1.09 bits per heavy atom. The first-order chi connectivity index (χ1) is 10.6. The number of Topliss-reactive ketones (excluding diaryl/α,β-unsaturated/α-hetero) is 1. The first kappa shape index (κ1) is 14.7. The summed E-state index contributed by atoms with van der Waals surface area (Å²) in [6.07, 6.45) is 1.83. The number of fused-ring (bicyclic) bond motifs is 1. The van der Waals surface area contributed by atoms with E-state index in [4.69, 9.17) is 4.74 Å². The van der Waals surface area contributed by atoms with E-state index in [0.717, 1.165) is 5.56 Å². The van der Waals surface area contributed by atoms with E-state index in [9.17, 15) is 13.6 Å². The van der Waals surface area contributed by atoms with Crippen molar-refractivity contribution in [1.82, 2.24) is 0 Å². The fraction of sp³-hybridized carbons (Fsp3) is 0.278. The highest BCUT2D eigenvalue weighted by atomic mass is 19.1. The second kappa shape index (κ2) is 5.87. The van der Waals surface area contributed by atoms with Gasteiger partial charge in [-0.1, -0.05) is 12.1 Å². The molecule has 0 amide bonds. The number of ketones is 1. The molecule has 2 aromatic carbocycles. The molecule has 1 aliphatic rings. The van der Waals surface area contributed by atoms with Crippen LogP contribution < -0.4 is 4.74 Å². The van der Waals surface area contributed by atoms with Crippen molar-refractivity contribution in [3.8, 4) is 5.75 Å². The summed E-state index contributed by atoms with van der Waals surface area (Å²) in [7, 11) is 1.41. The standard InChI is InChI=1S/C18H16F2O2/c1-22-16-10-9-15-14(17(16)20)4-2-3-13(18(15)21)11-5-7-12(19)8-6-11/h5-10,13H,2-4H2,1H3. The smallest absolute Gasteiger partial charge is 0.170 e. The van der Waals surface area contributed by atoms with Gasteiger partial charge in [0.25, 0.3) is 0 Å². The molecule has 4 heteroatoms. The summed E-state index contributed by atoms with van der Waals surface area (Å²) in [4.78, 5) is 12.8. The van der Waals surface area contributed by atoms with Crippen LogP contribution in [0.3, 0.4) is 0 Å². The van der Waals surface area contributed by atoms with Crippen molar-refractivity contribution in [1.29, 1.82) is 0 Å². The molecule has 0 bridgehead atoms. The number of carbonyl (C=O) groups excluding carboxylic acids is 1.